The van der Waals surface area contributed by atoms with Crippen LogP contribution in [-0.2, 0) is 0 Å². The Balaban J connectivity index is 1.97. The predicted octanol–water partition coefficient (Wildman–Crippen LogP) is 2.47. The van der Waals surface area contributed by atoms with Crippen LogP contribution in [0.25, 0.3) is 0 Å². The fourth-order valence-electron chi connectivity index (χ4n) is 1.65. The maximum absolute atomic E-state index is 11.9. The fraction of sp³-hybridized carbons (Fsp3) is 0.455. The molecule has 16 heavy (non-hydrogen) atoms. The number of hydrogen-bond donors (Lipinski definition) is 1. The lowest BCUT2D eigenvalue weighted by Gasteiger charge is -2.22. The molecule has 1 saturated heterocycles. The molecule has 0 aliphatic carbocycles. The molecule has 0 aromatic carbocycles. The summed E-state index contributed by atoms with van der Waals surface area (Å²) in [6.45, 7) is 0. The Labute approximate surface area is 108 Å². The molecule has 0 saturated carbocycles. The smallest absolute Gasteiger partial charge is 0.253 e. The molecule has 1 aliphatic heterocycles. The van der Waals surface area contributed by atoms with E-state index < -0.39 is 0 Å². The van der Waals surface area contributed by atoms with Crippen molar-refractivity contribution in [2.24, 2.45) is 0 Å². The van der Waals surface area contributed by atoms with Gasteiger partial charge in [-0.25, -0.2) is 0 Å². The number of nitrogens with one attached hydrogen (secondary N) is 1. The molecule has 1 amide bonds. The Kier molecular flexibility index (Phi) is 4.23. The molecule has 1 fully saturated rings. The third kappa shape index (κ3) is 3.22. The maximum atomic E-state index is 11.9. The highest BCUT2D eigenvalue weighted by Crippen LogP contribution is 2.17. The van der Waals surface area contributed by atoms with Crippen LogP contribution in [-0.4, -0.2) is 28.4 Å². The van der Waals surface area contributed by atoms with Crippen molar-refractivity contribution >= 4 is 33.6 Å². The van der Waals surface area contributed by atoms with Crippen molar-refractivity contribution in [1.29, 1.82) is 0 Å². The van der Waals surface area contributed by atoms with Crippen molar-refractivity contribution < 1.29 is 4.79 Å². The number of aromatic nitrogens is 1. The van der Waals surface area contributed by atoms with Crippen LogP contribution in [0.15, 0.2) is 22.9 Å². The van der Waals surface area contributed by atoms with Crippen LogP contribution >= 0.6 is 27.7 Å². The highest BCUT2D eigenvalue weighted by Gasteiger charge is 2.16. The molecule has 3 nitrogen and oxygen atoms in total. The highest BCUT2D eigenvalue weighted by molar-refractivity contribution is 9.10. The Hall–Kier alpha value is -0.550. The van der Waals surface area contributed by atoms with Gasteiger partial charge in [0.1, 0.15) is 0 Å². The first-order valence-corrected chi connectivity index (χ1v) is 7.19. The summed E-state index contributed by atoms with van der Waals surface area (Å²) in [6.07, 6.45) is 5.40. The maximum Gasteiger partial charge on any atom is 0.253 e. The first-order valence-electron chi connectivity index (χ1n) is 5.25. The van der Waals surface area contributed by atoms with E-state index in [0.717, 1.165) is 28.8 Å². The average molecular weight is 301 g/mol. The number of carbonyl (C=O) groups is 1. The Morgan fingerprint density at radius 2 is 2.19 bits per heavy atom. The summed E-state index contributed by atoms with van der Waals surface area (Å²) in [4.78, 5) is 15.9. The fourth-order valence-corrected chi connectivity index (χ4v) is 3.12. The second kappa shape index (κ2) is 5.68. The van der Waals surface area contributed by atoms with Gasteiger partial charge in [-0.2, -0.15) is 11.8 Å². The third-order valence-corrected chi connectivity index (χ3v) is 4.01. The van der Waals surface area contributed by atoms with Crippen molar-refractivity contribution in [2.45, 2.75) is 18.9 Å². The largest absolute Gasteiger partial charge is 0.349 e. The number of pyridine rings is 1. The van der Waals surface area contributed by atoms with Gasteiger partial charge in [0.25, 0.3) is 5.91 Å². The molecule has 0 bridgehead atoms. The van der Waals surface area contributed by atoms with E-state index >= 15 is 0 Å². The molecule has 0 radical (unpaired) electrons. The summed E-state index contributed by atoms with van der Waals surface area (Å²) < 4.78 is 0.833. The minimum absolute atomic E-state index is 0.0225. The predicted molar refractivity (Wildman–Crippen MR) is 69.8 cm³/mol. The van der Waals surface area contributed by atoms with Crippen molar-refractivity contribution in [1.82, 2.24) is 10.3 Å². The first kappa shape index (κ1) is 11.9. The lowest BCUT2D eigenvalue weighted by molar-refractivity contribution is 0.0934. The summed E-state index contributed by atoms with van der Waals surface area (Å²) in [6, 6.07) is 2.12. The normalized spacial score (nSPS) is 17.1. The SMILES string of the molecule is O=C(NC1CCSCC1)c1cncc(Br)c1. The number of rotatable bonds is 2. The van der Waals surface area contributed by atoms with Gasteiger partial charge in [-0.05, 0) is 46.3 Å². The van der Waals surface area contributed by atoms with E-state index in [1.807, 2.05) is 11.8 Å². The second-order valence-corrected chi connectivity index (χ2v) is 5.89. The van der Waals surface area contributed by atoms with Crippen molar-refractivity contribution in [2.75, 3.05) is 11.5 Å². The summed E-state index contributed by atoms with van der Waals surface area (Å²) in [5, 5.41) is 3.05. The van der Waals surface area contributed by atoms with Crippen LogP contribution in [0.5, 0.6) is 0 Å². The second-order valence-electron chi connectivity index (χ2n) is 3.75. The zero-order valence-electron chi connectivity index (χ0n) is 8.78. The van der Waals surface area contributed by atoms with E-state index in [2.05, 4.69) is 26.2 Å². The minimum Gasteiger partial charge on any atom is -0.349 e. The van der Waals surface area contributed by atoms with Gasteiger partial charge in [-0.15, -0.1) is 0 Å². The molecular formula is C11H13BrN2OS. The van der Waals surface area contributed by atoms with Crippen LogP contribution < -0.4 is 5.32 Å². The van der Waals surface area contributed by atoms with Gasteiger partial charge >= 0.3 is 0 Å². The Morgan fingerprint density at radius 1 is 1.44 bits per heavy atom. The van der Waals surface area contributed by atoms with Crippen LogP contribution in [0, 0.1) is 0 Å². The average Bonchev–Trinajstić information content (AvgIpc) is 2.30. The van der Waals surface area contributed by atoms with Gasteiger partial charge in [0.2, 0.25) is 0 Å². The number of carbonyl (C=O) groups excluding carboxylic acids is 1. The van der Waals surface area contributed by atoms with E-state index in [9.17, 15) is 4.79 Å². The van der Waals surface area contributed by atoms with Gasteiger partial charge in [0.05, 0.1) is 5.56 Å². The molecule has 86 valence electrons. The van der Waals surface area contributed by atoms with E-state index in [-0.39, 0.29) is 5.91 Å². The first-order chi connectivity index (χ1) is 7.75. The van der Waals surface area contributed by atoms with Crippen molar-refractivity contribution in [3.8, 4) is 0 Å². The Bertz CT molecular complexity index is 380. The highest BCUT2D eigenvalue weighted by atomic mass is 79.9. The molecule has 5 heteroatoms. The van der Waals surface area contributed by atoms with E-state index in [1.54, 1.807) is 18.5 Å². The van der Waals surface area contributed by atoms with Gasteiger partial charge < -0.3 is 5.32 Å². The van der Waals surface area contributed by atoms with Crippen molar-refractivity contribution in [3.63, 3.8) is 0 Å². The van der Waals surface area contributed by atoms with E-state index in [0.29, 0.717) is 11.6 Å². The number of halogens is 1. The lowest BCUT2D eigenvalue weighted by atomic mass is 10.1. The van der Waals surface area contributed by atoms with Crippen molar-refractivity contribution in [3.05, 3.63) is 28.5 Å². The molecular weight excluding hydrogens is 288 g/mol. The summed E-state index contributed by atoms with van der Waals surface area (Å²) in [5.41, 5.74) is 0.618. The standard InChI is InChI=1S/C11H13BrN2OS/c12-9-5-8(6-13-7-9)11(15)14-10-1-3-16-4-2-10/h5-7,10H,1-4H2,(H,14,15). The van der Waals surface area contributed by atoms with Crippen LogP contribution in [0.3, 0.4) is 0 Å². The molecule has 2 rings (SSSR count). The lowest BCUT2D eigenvalue weighted by Crippen LogP contribution is -2.37. The van der Waals surface area contributed by atoms with Crippen LogP contribution in [0.2, 0.25) is 0 Å². The third-order valence-electron chi connectivity index (χ3n) is 2.52. The number of thioether (sulfide) groups is 1. The molecule has 1 aromatic rings. The van der Waals surface area contributed by atoms with Crippen LogP contribution in [0.1, 0.15) is 23.2 Å². The van der Waals surface area contributed by atoms with Gasteiger partial charge in [-0.3, -0.25) is 9.78 Å². The minimum atomic E-state index is -0.0225. The summed E-state index contributed by atoms with van der Waals surface area (Å²) >= 11 is 5.26. The monoisotopic (exact) mass is 300 g/mol. The molecule has 0 atom stereocenters. The van der Waals surface area contributed by atoms with Crippen LogP contribution in [0.4, 0.5) is 0 Å². The van der Waals surface area contributed by atoms with Gasteiger partial charge in [-0.1, -0.05) is 0 Å². The topological polar surface area (TPSA) is 42.0 Å². The molecule has 1 aliphatic rings. The molecule has 1 N–H and O–H groups in total. The molecule has 0 spiro atoms. The molecule has 0 unspecified atom stereocenters. The summed E-state index contributed by atoms with van der Waals surface area (Å²) in [5.74, 6) is 2.26. The summed E-state index contributed by atoms with van der Waals surface area (Å²) in [7, 11) is 0. The van der Waals surface area contributed by atoms with Gasteiger partial charge in [0, 0.05) is 22.9 Å². The Morgan fingerprint density at radius 3 is 2.88 bits per heavy atom. The van der Waals surface area contributed by atoms with Gasteiger partial charge in [0.15, 0.2) is 0 Å². The number of hydrogen-bond acceptors (Lipinski definition) is 3. The van der Waals surface area contributed by atoms with E-state index in [1.165, 1.54) is 0 Å². The van der Waals surface area contributed by atoms with E-state index in [4.69, 9.17) is 0 Å². The molecule has 1 aromatic heterocycles. The molecule has 2 heterocycles. The number of nitrogens with zero attached hydrogens (tertiary/aromatic N) is 1. The quantitative estimate of drug-likeness (QED) is 0.912. The zero-order valence-corrected chi connectivity index (χ0v) is 11.2. The number of amides is 1. The zero-order chi connectivity index (χ0) is 11.4.